The molecule has 1 aliphatic rings. The summed E-state index contributed by atoms with van der Waals surface area (Å²) in [4.78, 5) is 50.3. The number of amides is 1. The van der Waals surface area contributed by atoms with Gasteiger partial charge in [0, 0.05) is 23.2 Å². The molecule has 10 heteroatoms. The summed E-state index contributed by atoms with van der Waals surface area (Å²) >= 11 is 0. The van der Waals surface area contributed by atoms with E-state index in [1.807, 2.05) is 0 Å². The highest BCUT2D eigenvalue weighted by atomic mass is 16.8. The van der Waals surface area contributed by atoms with Crippen molar-refractivity contribution in [2.24, 2.45) is 0 Å². The molecule has 0 saturated carbocycles. The summed E-state index contributed by atoms with van der Waals surface area (Å²) in [6.07, 6.45) is -0.00396. The third-order valence-corrected chi connectivity index (χ3v) is 5.86. The van der Waals surface area contributed by atoms with Gasteiger partial charge in [-0.1, -0.05) is 54.6 Å². The Labute approximate surface area is 223 Å². The molecule has 0 aliphatic carbocycles. The van der Waals surface area contributed by atoms with Gasteiger partial charge in [0.15, 0.2) is 5.78 Å². The van der Waals surface area contributed by atoms with Crippen LogP contribution in [0.4, 0.5) is 5.69 Å². The van der Waals surface area contributed by atoms with Gasteiger partial charge in [0.05, 0.1) is 0 Å². The molecule has 0 saturated heterocycles. The molecule has 0 unspecified atom stereocenters. The van der Waals surface area contributed by atoms with E-state index in [-0.39, 0.29) is 40.7 Å². The number of fused-ring (bicyclic) bond motifs is 1. The number of carbonyl (C=O) groups excluding carboxylic acids is 4. The number of hydrogen-bond donors (Lipinski definition) is 2. The molecule has 1 heterocycles. The van der Waals surface area contributed by atoms with Gasteiger partial charge in [0.25, 0.3) is 5.91 Å². The molecule has 4 aromatic carbocycles. The second-order valence-electron chi connectivity index (χ2n) is 8.57. The SMILES string of the molecule is O=C(Cc1ccc(O)c(C(=O)OB2OC(=O)c3cc(NC(=O)c4ccccc4)ccc3O2)c1)c1ccccc1. The summed E-state index contributed by atoms with van der Waals surface area (Å²) in [6.45, 7) is 0. The minimum absolute atomic E-state index is 0.00396. The average Bonchev–Trinajstić information content (AvgIpc) is 2.95. The topological polar surface area (TPSA) is 128 Å². The van der Waals surface area contributed by atoms with Crippen molar-refractivity contribution < 1.29 is 38.2 Å². The Morgan fingerprint density at radius 1 is 0.821 bits per heavy atom. The highest BCUT2D eigenvalue weighted by Gasteiger charge is 2.41. The van der Waals surface area contributed by atoms with Crippen molar-refractivity contribution in [3.63, 3.8) is 0 Å². The predicted molar refractivity (Wildman–Crippen MR) is 141 cm³/mol. The van der Waals surface area contributed by atoms with Gasteiger partial charge in [-0.05, 0) is 48.0 Å². The molecule has 1 amide bonds. The summed E-state index contributed by atoms with van der Waals surface area (Å²) in [5, 5.41) is 12.9. The number of anilines is 1. The molecule has 39 heavy (non-hydrogen) atoms. The molecule has 0 bridgehead atoms. The molecule has 4 aromatic rings. The van der Waals surface area contributed by atoms with E-state index in [0.29, 0.717) is 22.4 Å². The molecule has 0 fully saturated rings. The maximum atomic E-state index is 12.8. The van der Waals surface area contributed by atoms with Gasteiger partial charge in [0.1, 0.15) is 22.6 Å². The van der Waals surface area contributed by atoms with Crippen LogP contribution in [0.3, 0.4) is 0 Å². The monoisotopic (exact) mass is 521 g/mol. The fourth-order valence-electron chi connectivity index (χ4n) is 3.91. The van der Waals surface area contributed by atoms with Crippen LogP contribution in [0.1, 0.15) is 47.0 Å². The standard InChI is InChI=1S/C29H20BNO8/c32-24-13-11-18(16-25(33)19-7-3-1-4-8-19)15-22(24)28(35)38-30-37-26-14-12-21(17-23(26)29(36)39-30)31-27(34)20-9-5-2-6-10-20/h1-15,17,32H,16H2,(H,31,34). The maximum absolute atomic E-state index is 12.8. The van der Waals surface area contributed by atoms with Crippen LogP contribution in [-0.2, 0) is 15.7 Å². The van der Waals surface area contributed by atoms with Gasteiger partial charge in [-0.3, -0.25) is 9.59 Å². The Morgan fingerprint density at radius 2 is 1.51 bits per heavy atom. The van der Waals surface area contributed by atoms with E-state index >= 15 is 0 Å². The third-order valence-electron chi connectivity index (χ3n) is 5.86. The minimum atomic E-state index is -1.71. The van der Waals surface area contributed by atoms with E-state index in [0.717, 1.165) is 0 Å². The molecule has 0 atom stereocenters. The molecule has 5 rings (SSSR count). The van der Waals surface area contributed by atoms with Crippen molar-refractivity contribution in [2.75, 3.05) is 5.32 Å². The number of ketones is 1. The lowest BCUT2D eigenvalue weighted by Gasteiger charge is -2.22. The van der Waals surface area contributed by atoms with Crippen molar-refractivity contribution in [3.8, 4) is 11.5 Å². The number of Topliss-reactive ketones (excluding diaryl/α,β-unsaturated/α-hetero) is 1. The number of phenolic OH excluding ortho intramolecular Hbond substituents is 1. The Bertz CT molecular complexity index is 1570. The summed E-state index contributed by atoms with van der Waals surface area (Å²) in [6, 6.07) is 25.7. The van der Waals surface area contributed by atoms with Crippen LogP contribution in [0.25, 0.3) is 0 Å². The minimum Gasteiger partial charge on any atom is -0.507 e. The van der Waals surface area contributed by atoms with E-state index in [9.17, 15) is 24.3 Å². The van der Waals surface area contributed by atoms with Crippen molar-refractivity contribution in [1.29, 1.82) is 0 Å². The first kappa shape index (κ1) is 25.3. The van der Waals surface area contributed by atoms with Crippen molar-refractivity contribution in [1.82, 2.24) is 0 Å². The Morgan fingerprint density at radius 3 is 2.23 bits per heavy atom. The molecule has 1 aliphatic heterocycles. The highest BCUT2D eigenvalue weighted by Crippen LogP contribution is 2.29. The second-order valence-corrected chi connectivity index (χ2v) is 8.57. The van der Waals surface area contributed by atoms with Gasteiger partial charge in [0.2, 0.25) is 0 Å². The van der Waals surface area contributed by atoms with Crippen LogP contribution < -0.4 is 9.97 Å². The van der Waals surface area contributed by atoms with Crippen LogP contribution in [0.15, 0.2) is 97.1 Å². The smallest absolute Gasteiger partial charge is 0.507 e. The van der Waals surface area contributed by atoms with Crippen LogP contribution in [0.2, 0.25) is 0 Å². The molecule has 0 aromatic heterocycles. The van der Waals surface area contributed by atoms with Gasteiger partial charge < -0.3 is 24.4 Å². The Kier molecular flexibility index (Phi) is 7.09. The fourth-order valence-corrected chi connectivity index (χ4v) is 3.91. The summed E-state index contributed by atoms with van der Waals surface area (Å²) < 4.78 is 15.8. The Balaban J connectivity index is 1.25. The zero-order chi connectivity index (χ0) is 27.4. The first-order valence-electron chi connectivity index (χ1n) is 11.9. The first-order chi connectivity index (χ1) is 18.9. The summed E-state index contributed by atoms with van der Waals surface area (Å²) in [5.74, 6) is -2.68. The highest BCUT2D eigenvalue weighted by molar-refractivity contribution is 6.45. The number of phenols is 1. The van der Waals surface area contributed by atoms with Crippen LogP contribution in [0.5, 0.6) is 11.5 Å². The van der Waals surface area contributed by atoms with Crippen LogP contribution in [0, 0.1) is 0 Å². The number of carbonyl (C=O) groups is 4. The van der Waals surface area contributed by atoms with Crippen molar-refractivity contribution in [3.05, 3.63) is 125 Å². The van der Waals surface area contributed by atoms with Crippen molar-refractivity contribution in [2.45, 2.75) is 6.42 Å². The van der Waals surface area contributed by atoms with E-state index in [4.69, 9.17) is 14.0 Å². The Hall–Kier alpha value is -5.38. The van der Waals surface area contributed by atoms with E-state index in [1.165, 1.54) is 36.4 Å². The van der Waals surface area contributed by atoms with E-state index in [2.05, 4.69) is 5.32 Å². The maximum Gasteiger partial charge on any atom is 0.868 e. The fraction of sp³-hybridized carbons (Fsp3) is 0.0345. The zero-order valence-corrected chi connectivity index (χ0v) is 20.3. The zero-order valence-electron chi connectivity index (χ0n) is 20.3. The van der Waals surface area contributed by atoms with Crippen molar-refractivity contribution >= 4 is 36.6 Å². The number of nitrogens with one attached hydrogen (secondary N) is 1. The number of aromatic hydroxyl groups is 1. The largest absolute Gasteiger partial charge is 0.868 e. The van der Waals surface area contributed by atoms with E-state index in [1.54, 1.807) is 60.7 Å². The van der Waals surface area contributed by atoms with Gasteiger partial charge in [-0.25, -0.2) is 9.59 Å². The molecule has 0 spiro atoms. The molecule has 192 valence electrons. The first-order valence-corrected chi connectivity index (χ1v) is 11.9. The van der Waals surface area contributed by atoms with Crippen LogP contribution >= 0.6 is 0 Å². The number of hydrogen-bond acceptors (Lipinski definition) is 8. The molecule has 9 nitrogen and oxygen atoms in total. The van der Waals surface area contributed by atoms with Crippen LogP contribution in [-0.4, -0.2) is 36.1 Å². The molecular formula is C29H20BNO8. The third kappa shape index (κ3) is 5.80. The average molecular weight is 521 g/mol. The molecule has 2 N–H and O–H groups in total. The predicted octanol–water partition coefficient (Wildman–Crippen LogP) is 4.46. The van der Waals surface area contributed by atoms with Gasteiger partial charge in [-0.15, -0.1) is 0 Å². The van der Waals surface area contributed by atoms with Gasteiger partial charge >= 0.3 is 19.3 Å². The lowest BCUT2D eigenvalue weighted by Crippen LogP contribution is -2.39. The lowest BCUT2D eigenvalue weighted by atomic mass is 10.0. The number of rotatable bonds is 7. The normalized spacial score (nSPS) is 12.0. The van der Waals surface area contributed by atoms with E-state index < -0.39 is 19.3 Å². The molecule has 0 radical (unpaired) electrons. The van der Waals surface area contributed by atoms with Gasteiger partial charge in [-0.2, -0.15) is 0 Å². The summed E-state index contributed by atoms with van der Waals surface area (Å²) in [5.41, 5.74) is 1.57. The molecular weight excluding hydrogens is 501 g/mol. The summed E-state index contributed by atoms with van der Waals surface area (Å²) in [7, 11) is -1.71. The second kappa shape index (κ2) is 10.9. The quantitative estimate of drug-likeness (QED) is 0.270. The lowest BCUT2D eigenvalue weighted by molar-refractivity contribution is 0.0494. The number of benzene rings is 4.